The lowest BCUT2D eigenvalue weighted by molar-refractivity contribution is -0.118. The van der Waals surface area contributed by atoms with E-state index in [1.807, 2.05) is 0 Å². The molecular formula is C12H12N2O3S. The molecule has 0 saturated heterocycles. The largest absolute Gasteiger partial charge is 0.358 e. The van der Waals surface area contributed by atoms with Crippen LogP contribution in [-0.4, -0.2) is 37.4 Å². The molecule has 1 aromatic carbocycles. The standard InChI is InChI=1S/C12H12N2O3S/c1-13-10(15)6-18-7-3-4-8-9(5-7)14(2)12(17)11(8)16/h3-5H,6H2,1-2H3,(H,13,15). The number of hydrogen-bond acceptors (Lipinski definition) is 4. The van der Waals surface area contributed by atoms with Gasteiger partial charge in [-0.25, -0.2) is 0 Å². The zero-order chi connectivity index (χ0) is 13.3. The minimum Gasteiger partial charge on any atom is -0.358 e. The summed E-state index contributed by atoms with van der Waals surface area (Å²) in [6, 6.07) is 5.13. The van der Waals surface area contributed by atoms with E-state index in [2.05, 4.69) is 5.32 Å². The van der Waals surface area contributed by atoms with Crippen molar-refractivity contribution in [1.82, 2.24) is 5.32 Å². The van der Waals surface area contributed by atoms with Crippen molar-refractivity contribution in [1.29, 1.82) is 0 Å². The highest BCUT2D eigenvalue weighted by Crippen LogP contribution is 2.31. The van der Waals surface area contributed by atoms with E-state index in [0.717, 1.165) is 4.90 Å². The molecule has 0 spiro atoms. The predicted octanol–water partition coefficient (Wildman–Crippen LogP) is 0.684. The van der Waals surface area contributed by atoms with Crippen molar-refractivity contribution < 1.29 is 14.4 Å². The molecular weight excluding hydrogens is 252 g/mol. The van der Waals surface area contributed by atoms with Gasteiger partial charge in [-0.1, -0.05) is 0 Å². The monoisotopic (exact) mass is 264 g/mol. The molecule has 0 aliphatic carbocycles. The highest BCUT2D eigenvalue weighted by molar-refractivity contribution is 8.00. The molecule has 1 N–H and O–H groups in total. The summed E-state index contributed by atoms with van der Waals surface area (Å²) in [7, 11) is 3.15. The molecule has 0 radical (unpaired) electrons. The molecule has 0 unspecified atom stereocenters. The summed E-state index contributed by atoms with van der Waals surface area (Å²) < 4.78 is 0. The van der Waals surface area contributed by atoms with Crippen LogP contribution in [0.15, 0.2) is 23.1 Å². The maximum absolute atomic E-state index is 11.6. The topological polar surface area (TPSA) is 66.5 Å². The fraction of sp³-hybridized carbons (Fsp3) is 0.250. The summed E-state index contributed by atoms with van der Waals surface area (Å²) in [5.74, 6) is -0.754. The number of nitrogens with zero attached hydrogens (tertiary/aromatic N) is 1. The van der Waals surface area contributed by atoms with Crippen LogP contribution < -0.4 is 10.2 Å². The van der Waals surface area contributed by atoms with Crippen LogP contribution in [0.1, 0.15) is 10.4 Å². The Labute approximate surface area is 109 Å². The Hall–Kier alpha value is -1.82. The molecule has 0 saturated carbocycles. The first kappa shape index (κ1) is 12.6. The summed E-state index contributed by atoms with van der Waals surface area (Å²) in [5.41, 5.74) is 1.03. The zero-order valence-corrected chi connectivity index (χ0v) is 10.8. The Morgan fingerprint density at radius 3 is 2.78 bits per heavy atom. The van der Waals surface area contributed by atoms with Crippen LogP contribution in [0.5, 0.6) is 0 Å². The van der Waals surface area contributed by atoms with Gasteiger partial charge in [-0.2, -0.15) is 0 Å². The summed E-state index contributed by atoms with van der Waals surface area (Å²) >= 11 is 1.36. The van der Waals surface area contributed by atoms with Gasteiger partial charge in [0.1, 0.15) is 0 Å². The van der Waals surface area contributed by atoms with Crippen LogP contribution in [0.25, 0.3) is 0 Å². The van der Waals surface area contributed by atoms with E-state index in [0.29, 0.717) is 17.0 Å². The van der Waals surface area contributed by atoms with Gasteiger partial charge in [0.15, 0.2) is 0 Å². The second-order valence-corrected chi connectivity index (χ2v) is 4.88. The van der Waals surface area contributed by atoms with Crippen LogP contribution in [0.3, 0.4) is 0 Å². The molecule has 1 heterocycles. The Balaban J connectivity index is 2.21. The molecule has 1 aliphatic rings. The van der Waals surface area contributed by atoms with Gasteiger partial charge in [0.2, 0.25) is 5.91 Å². The Morgan fingerprint density at radius 2 is 2.11 bits per heavy atom. The van der Waals surface area contributed by atoms with Crippen molar-refractivity contribution in [3.63, 3.8) is 0 Å². The smallest absolute Gasteiger partial charge is 0.299 e. The number of nitrogens with one attached hydrogen (secondary N) is 1. The number of anilines is 1. The first-order valence-corrected chi connectivity index (χ1v) is 6.33. The quantitative estimate of drug-likeness (QED) is 0.644. The van der Waals surface area contributed by atoms with Crippen LogP contribution in [-0.2, 0) is 9.59 Å². The number of rotatable bonds is 3. The van der Waals surface area contributed by atoms with Gasteiger partial charge in [-0.15, -0.1) is 11.8 Å². The van der Waals surface area contributed by atoms with E-state index in [-0.39, 0.29) is 5.91 Å². The molecule has 1 aliphatic heterocycles. The van der Waals surface area contributed by atoms with Crippen molar-refractivity contribution in [2.75, 3.05) is 24.7 Å². The number of fused-ring (bicyclic) bond motifs is 1. The number of hydrogen-bond donors (Lipinski definition) is 1. The number of benzene rings is 1. The number of likely N-dealkylation sites (N-methyl/N-ethyl adjacent to an activating group) is 1. The molecule has 2 rings (SSSR count). The molecule has 18 heavy (non-hydrogen) atoms. The van der Waals surface area contributed by atoms with Crippen molar-refractivity contribution >= 4 is 35.0 Å². The van der Waals surface area contributed by atoms with Gasteiger partial charge in [-0.3, -0.25) is 14.4 Å². The Morgan fingerprint density at radius 1 is 1.39 bits per heavy atom. The molecule has 6 heteroatoms. The third kappa shape index (κ3) is 2.11. The van der Waals surface area contributed by atoms with Crippen LogP contribution in [0, 0.1) is 0 Å². The minimum absolute atomic E-state index is 0.0685. The number of thioether (sulfide) groups is 1. The van der Waals surface area contributed by atoms with Gasteiger partial charge in [0, 0.05) is 19.0 Å². The molecule has 94 valence electrons. The predicted molar refractivity (Wildman–Crippen MR) is 69.0 cm³/mol. The van der Waals surface area contributed by atoms with Crippen molar-refractivity contribution in [2.24, 2.45) is 0 Å². The summed E-state index contributed by atoms with van der Waals surface area (Å²) in [5, 5.41) is 2.53. The molecule has 2 amide bonds. The number of Topliss-reactive ketones (excluding diaryl/α,β-unsaturated/α-hetero) is 1. The van der Waals surface area contributed by atoms with E-state index < -0.39 is 11.7 Å². The van der Waals surface area contributed by atoms with Crippen LogP contribution >= 0.6 is 11.8 Å². The van der Waals surface area contributed by atoms with Gasteiger partial charge in [0.25, 0.3) is 11.7 Å². The van der Waals surface area contributed by atoms with Gasteiger partial charge in [-0.05, 0) is 18.2 Å². The highest BCUT2D eigenvalue weighted by atomic mass is 32.2. The van der Waals surface area contributed by atoms with Crippen LogP contribution in [0.2, 0.25) is 0 Å². The molecule has 0 bridgehead atoms. The number of carbonyl (C=O) groups is 3. The van der Waals surface area contributed by atoms with Crippen molar-refractivity contribution in [2.45, 2.75) is 4.90 Å². The van der Waals surface area contributed by atoms with Gasteiger partial charge in [0.05, 0.1) is 17.0 Å². The third-order valence-corrected chi connectivity index (χ3v) is 3.72. The van der Waals surface area contributed by atoms with Crippen LogP contribution in [0.4, 0.5) is 5.69 Å². The summed E-state index contributed by atoms with van der Waals surface area (Å²) in [4.78, 5) is 36.4. The first-order valence-electron chi connectivity index (χ1n) is 5.34. The molecule has 0 fully saturated rings. The molecule has 0 aromatic heterocycles. The average Bonchev–Trinajstić information content (AvgIpc) is 2.61. The van der Waals surface area contributed by atoms with E-state index in [9.17, 15) is 14.4 Å². The maximum Gasteiger partial charge on any atom is 0.299 e. The molecule has 5 nitrogen and oxygen atoms in total. The van der Waals surface area contributed by atoms with Crippen molar-refractivity contribution in [3.8, 4) is 0 Å². The normalized spacial score (nSPS) is 13.8. The number of carbonyl (C=O) groups excluding carboxylic acids is 3. The minimum atomic E-state index is -0.515. The average molecular weight is 264 g/mol. The second-order valence-electron chi connectivity index (χ2n) is 3.83. The van der Waals surface area contributed by atoms with E-state index in [1.54, 1.807) is 32.3 Å². The molecule has 0 atom stereocenters. The van der Waals surface area contributed by atoms with Gasteiger partial charge >= 0.3 is 0 Å². The third-order valence-electron chi connectivity index (χ3n) is 2.72. The van der Waals surface area contributed by atoms with E-state index in [4.69, 9.17) is 0 Å². The van der Waals surface area contributed by atoms with Crippen molar-refractivity contribution in [3.05, 3.63) is 23.8 Å². The summed E-state index contributed by atoms with van der Waals surface area (Å²) in [6.07, 6.45) is 0. The fourth-order valence-corrected chi connectivity index (χ4v) is 2.47. The lowest BCUT2D eigenvalue weighted by atomic mass is 10.1. The number of ketones is 1. The second kappa shape index (κ2) is 4.81. The SMILES string of the molecule is CNC(=O)CSc1ccc2c(c1)N(C)C(=O)C2=O. The first-order chi connectivity index (χ1) is 8.54. The molecule has 1 aromatic rings. The summed E-state index contributed by atoms with van der Waals surface area (Å²) in [6.45, 7) is 0. The Bertz CT molecular complexity index is 542. The Kier molecular flexibility index (Phi) is 3.38. The lowest BCUT2D eigenvalue weighted by Crippen LogP contribution is -2.24. The van der Waals surface area contributed by atoms with E-state index >= 15 is 0 Å². The zero-order valence-electron chi connectivity index (χ0n) is 10.0. The fourth-order valence-electron chi connectivity index (χ4n) is 1.67. The maximum atomic E-state index is 11.6. The lowest BCUT2D eigenvalue weighted by Gasteiger charge is -2.09. The van der Waals surface area contributed by atoms with E-state index in [1.165, 1.54) is 16.7 Å². The highest BCUT2D eigenvalue weighted by Gasteiger charge is 2.33. The van der Waals surface area contributed by atoms with Gasteiger partial charge < -0.3 is 10.2 Å². The number of amides is 2.